The van der Waals surface area contributed by atoms with Crippen molar-refractivity contribution >= 4 is 5.82 Å². The molecular formula is C16H17N3. The second kappa shape index (κ2) is 6.01. The van der Waals surface area contributed by atoms with Gasteiger partial charge in [0.25, 0.3) is 0 Å². The average molecular weight is 251 g/mol. The first kappa shape index (κ1) is 13.1. The Hall–Kier alpha value is -2.34. The zero-order chi connectivity index (χ0) is 13.7. The van der Waals surface area contributed by atoms with E-state index >= 15 is 0 Å². The summed E-state index contributed by atoms with van der Waals surface area (Å²) in [4.78, 5) is 4.23. The Morgan fingerprint density at radius 2 is 2.11 bits per heavy atom. The molecule has 0 atom stereocenters. The topological polar surface area (TPSA) is 48.7 Å². The van der Waals surface area contributed by atoms with Crippen molar-refractivity contribution < 1.29 is 0 Å². The lowest BCUT2D eigenvalue weighted by atomic mass is 10.1. The van der Waals surface area contributed by atoms with E-state index in [1.165, 1.54) is 11.1 Å². The molecule has 1 heterocycles. The number of benzene rings is 1. The number of nitriles is 1. The van der Waals surface area contributed by atoms with Gasteiger partial charge in [0.2, 0.25) is 0 Å². The van der Waals surface area contributed by atoms with Crippen LogP contribution in [0.5, 0.6) is 0 Å². The Balaban J connectivity index is 2.00. The molecule has 0 amide bonds. The van der Waals surface area contributed by atoms with Crippen molar-refractivity contribution in [2.75, 3.05) is 11.9 Å². The molecule has 3 nitrogen and oxygen atoms in total. The number of pyridine rings is 1. The van der Waals surface area contributed by atoms with E-state index < -0.39 is 0 Å². The van der Waals surface area contributed by atoms with Crippen molar-refractivity contribution in [3.63, 3.8) is 0 Å². The van der Waals surface area contributed by atoms with Crippen molar-refractivity contribution in [2.24, 2.45) is 0 Å². The molecule has 0 saturated heterocycles. The highest BCUT2D eigenvalue weighted by atomic mass is 15.0. The van der Waals surface area contributed by atoms with Crippen LogP contribution in [0.25, 0.3) is 0 Å². The first-order chi connectivity index (χ1) is 9.20. The predicted molar refractivity (Wildman–Crippen MR) is 77.1 cm³/mol. The second-order valence-electron chi connectivity index (χ2n) is 4.63. The summed E-state index contributed by atoms with van der Waals surface area (Å²) in [5.74, 6) is 0.676. The molecule has 0 fully saturated rings. The summed E-state index contributed by atoms with van der Waals surface area (Å²) in [6, 6.07) is 12.5. The van der Waals surface area contributed by atoms with Gasteiger partial charge < -0.3 is 5.32 Å². The highest BCUT2D eigenvalue weighted by molar-refractivity contribution is 5.55. The van der Waals surface area contributed by atoms with Crippen LogP contribution in [0.4, 0.5) is 5.82 Å². The third kappa shape index (κ3) is 3.32. The largest absolute Gasteiger partial charge is 0.369 e. The fourth-order valence-electron chi connectivity index (χ4n) is 2.03. The standard InChI is InChI=1S/C16H17N3/c1-12-4-3-5-14(10-12)7-9-19-16-15(11-17)13(2)6-8-18-16/h3-6,8,10H,7,9H2,1-2H3,(H,18,19). The van der Waals surface area contributed by atoms with E-state index in [0.29, 0.717) is 11.4 Å². The van der Waals surface area contributed by atoms with Gasteiger partial charge >= 0.3 is 0 Å². The third-order valence-electron chi connectivity index (χ3n) is 3.06. The van der Waals surface area contributed by atoms with Crippen LogP contribution in [0.2, 0.25) is 0 Å². The molecule has 1 aromatic carbocycles. The van der Waals surface area contributed by atoms with Gasteiger partial charge in [-0.25, -0.2) is 4.98 Å². The van der Waals surface area contributed by atoms with Gasteiger partial charge in [-0.1, -0.05) is 29.8 Å². The molecule has 0 aliphatic heterocycles. The van der Waals surface area contributed by atoms with Crippen LogP contribution >= 0.6 is 0 Å². The van der Waals surface area contributed by atoms with Gasteiger partial charge in [0, 0.05) is 12.7 Å². The molecule has 0 bridgehead atoms. The molecule has 0 spiro atoms. The number of anilines is 1. The smallest absolute Gasteiger partial charge is 0.144 e. The maximum absolute atomic E-state index is 9.12. The number of aryl methyl sites for hydroxylation is 2. The Bertz CT molecular complexity index is 612. The van der Waals surface area contributed by atoms with Gasteiger partial charge in [0.1, 0.15) is 11.9 Å². The number of nitrogens with zero attached hydrogens (tertiary/aromatic N) is 2. The molecule has 2 rings (SSSR count). The van der Waals surface area contributed by atoms with E-state index in [1.54, 1.807) is 6.20 Å². The highest BCUT2D eigenvalue weighted by Crippen LogP contribution is 2.15. The van der Waals surface area contributed by atoms with Gasteiger partial charge in [0.15, 0.2) is 0 Å². The molecule has 2 aromatic rings. The van der Waals surface area contributed by atoms with Gasteiger partial charge in [-0.2, -0.15) is 5.26 Å². The van der Waals surface area contributed by atoms with Crippen LogP contribution < -0.4 is 5.32 Å². The maximum atomic E-state index is 9.12. The Kier molecular flexibility index (Phi) is 4.15. The Labute approximate surface area is 113 Å². The summed E-state index contributed by atoms with van der Waals surface area (Å²) in [7, 11) is 0. The van der Waals surface area contributed by atoms with E-state index in [9.17, 15) is 0 Å². The predicted octanol–water partition coefficient (Wildman–Crippen LogP) is 3.22. The van der Waals surface area contributed by atoms with Crippen LogP contribution in [0.1, 0.15) is 22.3 Å². The van der Waals surface area contributed by atoms with Gasteiger partial charge in [-0.15, -0.1) is 0 Å². The van der Waals surface area contributed by atoms with Crippen molar-refractivity contribution in [3.05, 3.63) is 58.8 Å². The van der Waals surface area contributed by atoms with Gasteiger partial charge in [-0.3, -0.25) is 0 Å². The number of rotatable bonds is 4. The third-order valence-corrected chi connectivity index (χ3v) is 3.06. The SMILES string of the molecule is Cc1cccc(CCNc2nccc(C)c2C#N)c1. The molecule has 0 radical (unpaired) electrons. The van der Waals surface area contributed by atoms with Crippen molar-refractivity contribution in [1.29, 1.82) is 5.26 Å². The molecule has 1 N–H and O–H groups in total. The summed E-state index contributed by atoms with van der Waals surface area (Å²) in [5.41, 5.74) is 4.14. The zero-order valence-electron chi connectivity index (χ0n) is 11.3. The normalized spacial score (nSPS) is 9.95. The highest BCUT2D eigenvalue weighted by Gasteiger charge is 2.05. The van der Waals surface area contributed by atoms with Crippen LogP contribution in [0.3, 0.4) is 0 Å². The average Bonchev–Trinajstić information content (AvgIpc) is 2.39. The summed E-state index contributed by atoms with van der Waals surface area (Å²) in [6.07, 6.45) is 2.65. The molecule has 3 heteroatoms. The lowest BCUT2D eigenvalue weighted by molar-refractivity contribution is 1.00. The number of aromatic nitrogens is 1. The van der Waals surface area contributed by atoms with Crippen molar-refractivity contribution in [2.45, 2.75) is 20.3 Å². The molecule has 0 saturated carbocycles. The van der Waals surface area contributed by atoms with Crippen LogP contribution in [-0.2, 0) is 6.42 Å². The minimum Gasteiger partial charge on any atom is -0.369 e. The molecular weight excluding hydrogens is 234 g/mol. The molecule has 1 aromatic heterocycles. The van der Waals surface area contributed by atoms with Crippen LogP contribution in [0.15, 0.2) is 36.5 Å². The van der Waals surface area contributed by atoms with E-state index in [4.69, 9.17) is 5.26 Å². The van der Waals surface area contributed by atoms with E-state index in [1.807, 2.05) is 13.0 Å². The fourth-order valence-corrected chi connectivity index (χ4v) is 2.03. The molecule has 19 heavy (non-hydrogen) atoms. The fraction of sp³-hybridized carbons (Fsp3) is 0.250. The maximum Gasteiger partial charge on any atom is 0.144 e. The number of hydrogen-bond donors (Lipinski definition) is 1. The first-order valence-corrected chi connectivity index (χ1v) is 6.36. The minimum absolute atomic E-state index is 0.631. The molecule has 96 valence electrons. The van der Waals surface area contributed by atoms with E-state index in [-0.39, 0.29) is 0 Å². The second-order valence-corrected chi connectivity index (χ2v) is 4.63. The van der Waals surface area contributed by atoms with Crippen molar-refractivity contribution in [1.82, 2.24) is 4.98 Å². The molecule has 0 aliphatic carbocycles. The van der Waals surface area contributed by atoms with Gasteiger partial charge in [-0.05, 0) is 37.5 Å². The summed E-state index contributed by atoms with van der Waals surface area (Å²) < 4.78 is 0. The summed E-state index contributed by atoms with van der Waals surface area (Å²) in [5, 5.41) is 12.4. The lowest BCUT2D eigenvalue weighted by Crippen LogP contribution is -2.08. The van der Waals surface area contributed by atoms with Crippen molar-refractivity contribution in [3.8, 4) is 6.07 Å². The monoisotopic (exact) mass is 251 g/mol. The zero-order valence-corrected chi connectivity index (χ0v) is 11.3. The molecule has 0 aliphatic rings. The quantitative estimate of drug-likeness (QED) is 0.907. The van der Waals surface area contributed by atoms with E-state index in [2.05, 4.69) is 47.6 Å². The Morgan fingerprint density at radius 1 is 1.26 bits per heavy atom. The van der Waals surface area contributed by atoms with Crippen LogP contribution in [0, 0.1) is 25.2 Å². The number of hydrogen-bond acceptors (Lipinski definition) is 3. The first-order valence-electron chi connectivity index (χ1n) is 6.36. The minimum atomic E-state index is 0.631. The number of nitrogens with one attached hydrogen (secondary N) is 1. The van der Waals surface area contributed by atoms with Crippen LogP contribution in [-0.4, -0.2) is 11.5 Å². The molecule has 0 unspecified atom stereocenters. The summed E-state index contributed by atoms with van der Waals surface area (Å²) in [6.45, 7) is 4.79. The Morgan fingerprint density at radius 3 is 2.84 bits per heavy atom. The van der Waals surface area contributed by atoms with Gasteiger partial charge in [0.05, 0.1) is 5.56 Å². The lowest BCUT2D eigenvalue weighted by Gasteiger charge is -2.09. The van der Waals surface area contributed by atoms with E-state index in [0.717, 1.165) is 18.5 Å². The summed E-state index contributed by atoms with van der Waals surface area (Å²) >= 11 is 0.